The Hall–Kier alpha value is -1.60. The first-order chi connectivity index (χ1) is 9.59. The summed E-state index contributed by atoms with van der Waals surface area (Å²) in [4.78, 5) is 11.6. The van der Waals surface area contributed by atoms with Crippen LogP contribution in [0.3, 0.4) is 0 Å². The average molecular weight is 295 g/mol. The lowest BCUT2D eigenvalue weighted by Crippen LogP contribution is -2.41. The molecule has 114 valence electrons. The zero-order valence-electron chi connectivity index (χ0n) is 12.8. The van der Waals surface area contributed by atoms with Gasteiger partial charge in [0.05, 0.1) is 23.9 Å². The van der Waals surface area contributed by atoms with Crippen LogP contribution in [0, 0.1) is 5.82 Å². The second-order valence-electron chi connectivity index (χ2n) is 6.04. The number of nitrogens with two attached hydrogens (primary N) is 1. The molecule has 0 aliphatic carbocycles. The first kappa shape index (κ1) is 15.8. The summed E-state index contributed by atoms with van der Waals surface area (Å²) >= 11 is 0. The zero-order valence-corrected chi connectivity index (χ0v) is 12.8. The second kappa shape index (κ2) is 5.00. The Kier molecular flexibility index (Phi) is 3.76. The van der Waals surface area contributed by atoms with Crippen LogP contribution in [0.15, 0.2) is 12.1 Å². The van der Waals surface area contributed by atoms with E-state index in [1.807, 2.05) is 27.7 Å². The average Bonchev–Trinajstić information content (AvgIpc) is 2.57. The van der Waals surface area contributed by atoms with Crippen LogP contribution in [0.2, 0.25) is 0 Å². The first-order valence-electron chi connectivity index (χ1n) is 6.62. The molecule has 0 bridgehead atoms. The third kappa shape index (κ3) is 2.63. The highest BCUT2D eigenvalue weighted by Gasteiger charge is 2.52. The fourth-order valence-electron chi connectivity index (χ4n) is 2.05. The molecule has 1 heterocycles. The number of anilines is 1. The van der Waals surface area contributed by atoms with E-state index in [0.29, 0.717) is 5.46 Å². The van der Waals surface area contributed by atoms with E-state index in [0.717, 1.165) is 6.07 Å². The Morgan fingerprint density at radius 1 is 1.24 bits per heavy atom. The summed E-state index contributed by atoms with van der Waals surface area (Å²) in [5, 5.41) is 0. The van der Waals surface area contributed by atoms with E-state index in [1.165, 1.54) is 13.2 Å². The summed E-state index contributed by atoms with van der Waals surface area (Å²) in [6, 6.07) is 2.39. The van der Waals surface area contributed by atoms with Gasteiger partial charge in [-0.1, -0.05) is 0 Å². The molecule has 1 saturated heterocycles. The molecule has 1 fully saturated rings. The second-order valence-corrected chi connectivity index (χ2v) is 6.04. The summed E-state index contributed by atoms with van der Waals surface area (Å²) in [5.74, 6) is -1.51. The standard InChI is InChI=1S/C14H19BFNO4/c1-13(2)14(3,4)21-15(20-13)9-6-8(12(18)19-5)10(16)7-11(9)17/h6-7H,17H2,1-5H3. The monoisotopic (exact) mass is 295 g/mol. The van der Waals surface area contributed by atoms with Gasteiger partial charge in [-0.25, -0.2) is 9.18 Å². The molecule has 0 unspecified atom stereocenters. The van der Waals surface area contributed by atoms with E-state index >= 15 is 0 Å². The number of benzene rings is 1. The molecule has 2 rings (SSSR count). The summed E-state index contributed by atoms with van der Waals surface area (Å²) in [6.45, 7) is 7.59. The third-order valence-corrected chi connectivity index (χ3v) is 4.09. The van der Waals surface area contributed by atoms with Crippen LogP contribution in [-0.2, 0) is 14.0 Å². The molecule has 0 saturated carbocycles. The van der Waals surface area contributed by atoms with E-state index in [2.05, 4.69) is 4.74 Å². The number of rotatable bonds is 2. The summed E-state index contributed by atoms with van der Waals surface area (Å²) in [5.41, 5.74) is 5.11. The number of esters is 1. The van der Waals surface area contributed by atoms with E-state index in [4.69, 9.17) is 15.0 Å². The first-order valence-corrected chi connectivity index (χ1v) is 6.62. The van der Waals surface area contributed by atoms with Crippen LogP contribution < -0.4 is 11.2 Å². The highest BCUT2D eigenvalue weighted by atomic mass is 19.1. The molecule has 1 aliphatic rings. The summed E-state index contributed by atoms with van der Waals surface area (Å²) in [6.07, 6.45) is 0. The Balaban J connectivity index is 2.44. The lowest BCUT2D eigenvalue weighted by Gasteiger charge is -2.32. The molecule has 2 N–H and O–H groups in total. The molecule has 0 spiro atoms. The highest BCUT2D eigenvalue weighted by Crippen LogP contribution is 2.37. The van der Waals surface area contributed by atoms with Gasteiger partial charge in [0, 0.05) is 11.2 Å². The van der Waals surface area contributed by atoms with Gasteiger partial charge in [0.2, 0.25) is 0 Å². The topological polar surface area (TPSA) is 70.8 Å². The number of nitrogen functional groups attached to an aromatic ring is 1. The molecule has 0 aromatic heterocycles. The molecular formula is C14H19BFNO4. The van der Waals surface area contributed by atoms with Crippen molar-refractivity contribution in [1.29, 1.82) is 0 Å². The van der Waals surface area contributed by atoms with E-state index in [-0.39, 0.29) is 11.3 Å². The quantitative estimate of drug-likeness (QED) is 0.508. The lowest BCUT2D eigenvalue weighted by atomic mass is 9.77. The van der Waals surface area contributed by atoms with Crippen molar-refractivity contribution in [3.8, 4) is 0 Å². The van der Waals surface area contributed by atoms with Crippen LogP contribution in [0.25, 0.3) is 0 Å². The number of carbonyl (C=O) groups excluding carboxylic acids is 1. The van der Waals surface area contributed by atoms with Crippen molar-refractivity contribution in [2.75, 3.05) is 12.8 Å². The number of hydrogen-bond donors (Lipinski definition) is 1. The lowest BCUT2D eigenvalue weighted by molar-refractivity contribution is 0.00578. The van der Waals surface area contributed by atoms with Crippen LogP contribution >= 0.6 is 0 Å². The molecule has 1 aromatic rings. The Morgan fingerprint density at radius 3 is 2.24 bits per heavy atom. The minimum absolute atomic E-state index is 0.165. The predicted molar refractivity (Wildman–Crippen MR) is 77.9 cm³/mol. The fourth-order valence-corrected chi connectivity index (χ4v) is 2.05. The van der Waals surface area contributed by atoms with Crippen LogP contribution in [-0.4, -0.2) is 31.4 Å². The Bertz CT molecular complexity index is 573. The minimum Gasteiger partial charge on any atom is -0.465 e. The van der Waals surface area contributed by atoms with Crippen molar-refractivity contribution in [3.63, 3.8) is 0 Å². The van der Waals surface area contributed by atoms with Crippen LogP contribution in [0.5, 0.6) is 0 Å². The van der Waals surface area contributed by atoms with Crippen molar-refractivity contribution >= 4 is 24.2 Å². The Morgan fingerprint density at radius 2 is 1.76 bits per heavy atom. The van der Waals surface area contributed by atoms with Gasteiger partial charge in [-0.3, -0.25) is 0 Å². The minimum atomic E-state index is -0.773. The SMILES string of the molecule is COC(=O)c1cc(B2OC(C)(C)C(C)(C)O2)c(N)cc1F. The van der Waals surface area contributed by atoms with E-state index in [9.17, 15) is 9.18 Å². The van der Waals surface area contributed by atoms with Crippen molar-refractivity contribution in [2.45, 2.75) is 38.9 Å². The van der Waals surface area contributed by atoms with Gasteiger partial charge in [-0.2, -0.15) is 0 Å². The molecule has 21 heavy (non-hydrogen) atoms. The Labute approximate surface area is 123 Å². The summed E-state index contributed by atoms with van der Waals surface area (Å²) in [7, 11) is 0.422. The fraction of sp³-hybridized carbons (Fsp3) is 0.500. The van der Waals surface area contributed by atoms with Gasteiger partial charge in [-0.15, -0.1) is 0 Å². The van der Waals surface area contributed by atoms with Gasteiger partial charge in [0.15, 0.2) is 0 Å². The molecule has 1 aromatic carbocycles. The molecule has 7 heteroatoms. The van der Waals surface area contributed by atoms with Gasteiger partial charge < -0.3 is 19.8 Å². The third-order valence-electron chi connectivity index (χ3n) is 4.09. The molecule has 0 amide bonds. The predicted octanol–water partition coefficient (Wildman–Crippen LogP) is 1.49. The van der Waals surface area contributed by atoms with E-state index in [1.54, 1.807) is 0 Å². The largest absolute Gasteiger partial charge is 0.496 e. The van der Waals surface area contributed by atoms with Crippen molar-refractivity contribution < 1.29 is 23.2 Å². The number of hydrogen-bond acceptors (Lipinski definition) is 5. The van der Waals surface area contributed by atoms with Gasteiger partial charge in [0.25, 0.3) is 0 Å². The van der Waals surface area contributed by atoms with Crippen molar-refractivity contribution in [2.24, 2.45) is 0 Å². The zero-order chi connectivity index (χ0) is 16.0. The number of halogens is 1. The summed E-state index contributed by atoms with van der Waals surface area (Å²) < 4.78 is 30.1. The number of ether oxygens (including phenoxy) is 1. The molecule has 0 atom stereocenters. The van der Waals surface area contributed by atoms with E-state index < -0.39 is 30.1 Å². The maximum atomic E-state index is 13.8. The smallest absolute Gasteiger partial charge is 0.465 e. The highest BCUT2D eigenvalue weighted by molar-refractivity contribution is 6.64. The number of methoxy groups -OCH3 is 1. The van der Waals surface area contributed by atoms with Crippen LogP contribution in [0.4, 0.5) is 10.1 Å². The normalized spacial score (nSPS) is 19.6. The molecule has 0 radical (unpaired) electrons. The van der Waals surface area contributed by atoms with Crippen molar-refractivity contribution in [3.05, 3.63) is 23.5 Å². The van der Waals surface area contributed by atoms with Gasteiger partial charge in [0.1, 0.15) is 5.82 Å². The molecule has 1 aliphatic heterocycles. The molecule has 5 nitrogen and oxygen atoms in total. The maximum Gasteiger partial charge on any atom is 0.496 e. The van der Waals surface area contributed by atoms with Gasteiger partial charge in [-0.05, 0) is 39.8 Å². The van der Waals surface area contributed by atoms with Crippen LogP contribution in [0.1, 0.15) is 38.1 Å². The van der Waals surface area contributed by atoms with Crippen molar-refractivity contribution in [1.82, 2.24) is 0 Å². The van der Waals surface area contributed by atoms with Gasteiger partial charge >= 0.3 is 13.1 Å². The maximum absolute atomic E-state index is 13.8. The molecular weight excluding hydrogens is 276 g/mol. The number of carbonyl (C=O) groups is 1.